The minimum absolute atomic E-state index is 0. The minimum atomic E-state index is 0. The third-order valence-electron chi connectivity index (χ3n) is 1.96. The fourth-order valence-electron chi connectivity index (χ4n) is 1.03. The summed E-state index contributed by atoms with van der Waals surface area (Å²) in [5.41, 5.74) is 0. The second kappa shape index (κ2) is 149. The van der Waals surface area contributed by atoms with Crippen molar-refractivity contribution >= 4 is 0 Å². The van der Waals surface area contributed by atoms with Gasteiger partial charge in [-0.1, -0.05) is 118 Å². The normalized spacial score (nSPS) is 4.85. The SMILES string of the molecule is C.C.C.C.C.C.C.C.[CH2-]C.[CH2-]CCCCC.[CH2-]CCCCCC.[CH3-].[Y].[Y]. The fourth-order valence-corrected chi connectivity index (χ4v) is 1.03. The molecular formula is C24H68Y2-4. The average molecular weight is 535 g/mol. The van der Waals surface area contributed by atoms with Gasteiger partial charge in [-0.05, 0) is 0 Å². The predicted octanol–water partition coefficient (Wildman–Crippen LogP) is 11.6. The maximum absolute atomic E-state index is 3.76. The van der Waals surface area contributed by atoms with Gasteiger partial charge >= 0.3 is 0 Å². The van der Waals surface area contributed by atoms with Crippen molar-refractivity contribution in [3.8, 4) is 0 Å². The molecule has 2 heteroatoms. The van der Waals surface area contributed by atoms with Gasteiger partial charge in [-0.2, -0.15) is 19.8 Å². The molecule has 0 unspecified atom stereocenters. The average Bonchev–Trinajstić information content (AvgIpc) is 2.31. The van der Waals surface area contributed by atoms with Crippen molar-refractivity contribution in [3.63, 3.8) is 0 Å². The molecule has 0 aromatic heterocycles. The van der Waals surface area contributed by atoms with E-state index in [4.69, 9.17) is 0 Å². The van der Waals surface area contributed by atoms with Gasteiger partial charge in [-0.15, -0.1) is 0 Å². The molecule has 0 aliphatic rings. The van der Waals surface area contributed by atoms with E-state index in [0.29, 0.717) is 0 Å². The molecule has 0 amide bonds. The zero-order valence-corrected chi connectivity index (χ0v) is 19.3. The Morgan fingerprint density at radius 1 is 0.462 bits per heavy atom. The van der Waals surface area contributed by atoms with Gasteiger partial charge in [0.1, 0.15) is 0 Å². The standard InChI is InChI=1S/C7H15.C6H13.C2H5.8CH4.CH3.2Y/c1-3-5-7-6-4-2;1-3-5-6-4-2;1-2;;;;;;;;;;;/h1,3-7H2,2H3;1,3-6H2,2H3;1H2,2H3;8*1H4;1H3;;/q3*-1;;;;;;;;;-1;;. The summed E-state index contributed by atoms with van der Waals surface area (Å²) in [5.74, 6) is 0. The van der Waals surface area contributed by atoms with Crippen molar-refractivity contribution in [3.05, 3.63) is 28.2 Å². The monoisotopic (exact) mass is 534 g/mol. The third kappa shape index (κ3) is 196. The summed E-state index contributed by atoms with van der Waals surface area (Å²) in [6.07, 6.45) is 11.6. The van der Waals surface area contributed by atoms with Gasteiger partial charge in [0.25, 0.3) is 0 Å². The van der Waals surface area contributed by atoms with E-state index in [2.05, 4.69) is 34.6 Å². The second-order valence-corrected chi connectivity index (χ2v) is 3.47. The van der Waals surface area contributed by atoms with Crippen molar-refractivity contribution in [1.29, 1.82) is 0 Å². The zero-order chi connectivity index (χ0) is 12.4. The number of unbranched alkanes of at least 4 members (excludes halogenated alkanes) is 7. The van der Waals surface area contributed by atoms with Crippen LogP contribution < -0.4 is 0 Å². The van der Waals surface area contributed by atoms with Gasteiger partial charge in [0.2, 0.25) is 0 Å². The first kappa shape index (κ1) is 103. The third-order valence-corrected chi connectivity index (χ3v) is 1.96. The molecule has 0 nitrogen and oxygen atoms in total. The van der Waals surface area contributed by atoms with Gasteiger partial charge in [-0.3, -0.25) is 0 Å². The van der Waals surface area contributed by atoms with E-state index in [1.807, 2.05) is 0 Å². The maximum atomic E-state index is 3.76. The minimum Gasteiger partial charge on any atom is -0.358 e. The molecule has 0 atom stereocenters. The van der Waals surface area contributed by atoms with Crippen LogP contribution >= 0.6 is 0 Å². The zero-order valence-electron chi connectivity index (χ0n) is 13.6. The van der Waals surface area contributed by atoms with Crippen LogP contribution in [0.4, 0.5) is 0 Å². The summed E-state index contributed by atoms with van der Waals surface area (Å²) in [7, 11) is 0. The molecule has 26 heavy (non-hydrogen) atoms. The molecule has 0 N–H and O–H groups in total. The van der Waals surface area contributed by atoms with Crippen LogP contribution in [-0.2, 0) is 65.4 Å². The number of hydrogen-bond donors (Lipinski definition) is 0. The van der Waals surface area contributed by atoms with Crippen LogP contribution in [0.25, 0.3) is 0 Å². The molecule has 0 heterocycles. The van der Waals surface area contributed by atoms with E-state index >= 15 is 0 Å². The van der Waals surface area contributed by atoms with Crippen molar-refractivity contribution in [2.24, 2.45) is 0 Å². The van der Waals surface area contributed by atoms with Gasteiger partial charge in [0, 0.05) is 65.4 Å². The van der Waals surface area contributed by atoms with Crippen LogP contribution in [0, 0.1) is 28.2 Å². The number of rotatable bonds is 7. The van der Waals surface area contributed by atoms with Gasteiger partial charge in [0.15, 0.2) is 0 Å². The Hall–Kier alpha value is 2.21. The van der Waals surface area contributed by atoms with Gasteiger partial charge in [-0.25, -0.2) is 0 Å². The van der Waals surface area contributed by atoms with Crippen molar-refractivity contribution < 1.29 is 65.4 Å². The maximum Gasteiger partial charge on any atom is 0 e. The molecule has 0 saturated heterocycles. The van der Waals surface area contributed by atoms with Crippen LogP contribution in [0.5, 0.6) is 0 Å². The molecule has 0 fully saturated rings. The van der Waals surface area contributed by atoms with Crippen molar-refractivity contribution in [1.82, 2.24) is 0 Å². The summed E-state index contributed by atoms with van der Waals surface area (Å²) in [5, 5.41) is 0. The Kier molecular flexibility index (Phi) is 592. The number of hydrogen-bond acceptors (Lipinski definition) is 0. The van der Waals surface area contributed by atoms with E-state index in [1.54, 1.807) is 6.92 Å². The molecule has 0 aromatic carbocycles. The molecule has 0 bridgehead atoms. The summed E-state index contributed by atoms with van der Waals surface area (Å²) in [4.78, 5) is 0. The Labute approximate surface area is 229 Å². The molecule has 0 aliphatic heterocycles. The van der Waals surface area contributed by atoms with Crippen LogP contribution in [0.2, 0.25) is 0 Å². The van der Waals surface area contributed by atoms with E-state index in [0.717, 1.165) is 12.8 Å². The van der Waals surface area contributed by atoms with Crippen LogP contribution in [-0.4, -0.2) is 0 Å². The van der Waals surface area contributed by atoms with E-state index < -0.39 is 0 Å². The molecule has 0 spiro atoms. The topological polar surface area (TPSA) is 0 Å². The molecule has 0 aliphatic carbocycles. The summed E-state index contributed by atoms with van der Waals surface area (Å²) in [6, 6.07) is 0. The summed E-state index contributed by atoms with van der Waals surface area (Å²) >= 11 is 0. The molecule has 2 radical (unpaired) electrons. The molecule has 0 aromatic rings. The fraction of sp³-hybridized carbons (Fsp3) is 0.833. The largest absolute Gasteiger partial charge is 0.358 e. The van der Waals surface area contributed by atoms with Crippen molar-refractivity contribution in [2.45, 2.75) is 138 Å². The van der Waals surface area contributed by atoms with Gasteiger partial charge in [0.05, 0.1) is 0 Å². The molecule has 174 valence electrons. The Morgan fingerprint density at radius 2 is 0.654 bits per heavy atom. The Morgan fingerprint density at radius 3 is 0.808 bits per heavy atom. The quantitative estimate of drug-likeness (QED) is 0.225. The van der Waals surface area contributed by atoms with Crippen LogP contribution in [0.3, 0.4) is 0 Å². The van der Waals surface area contributed by atoms with Gasteiger partial charge < -0.3 is 28.2 Å². The molecular weight excluding hydrogens is 466 g/mol. The van der Waals surface area contributed by atoms with Crippen LogP contribution in [0.15, 0.2) is 0 Å². The van der Waals surface area contributed by atoms with E-state index in [1.165, 1.54) is 44.9 Å². The Balaban J connectivity index is -0.00000000607. The first-order chi connectivity index (χ1) is 7.33. The van der Waals surface area contributed by atoms with E-state index in [9.17, 15) is 0 Å². The predicted molar refractivity (Wildman–Crippen MR) is 135 cm³/mol. The van der Waals surface area contributed by atoms with Crippen LogP contribution in [0.1, 0.15) is 138 Å². The second-order valence-electron chi connectivity index (χ2n) is 3.47. The Bertz CT molecular complexity index is 59.2. The molecule has 0 saturated carbocycles. The smallest absolute Gasteiger partial charge is 0 e. The van der Waals surface area contributed by atoms with Crippen molar-refractivity contribution in [2.75, 3.05) is 0 Å². The first-order valence-electron chi connectivity index (χ1n) is 6.62. The first-order valence-corrected chi connectivity index (χ1v) is 6.62. The summed E-state index contributed by atoms with van der Waals surface area (Å²) < 4.78 is 0. The molecule has 0 rings (SSSR count). The summed E-state index contributed by atoms with van der Waals surface area (Å²) in [6.45, 7) is 16.9. The van der Waals surface area contributed by atoms with E-state index in [-0.39, 0.29) is 132 Å².